The molecule has 5 heteroatoms. The fraction of sp³-hybridized carbons (Fsp3) is 0.556. The highest BCUT2D eigenvalue weighted by Gasteiger charge is 2.46. The molecule has 0 amide bonds. The first-order chi connectivity index (χ1) is 11.1. The Labute approximate surface area is 135 Å². The smallest absolute Gasteiger partial charge is 0.272 e. The Hall–Kier alpha value is -1.62. The molecule has 0 radical (unpaired) electrons. The summed E-state index contributed by atoms with van der Waals surface area (Å²) in [6.07, 6.45) is 5.27. The zero-order valence-corrected chi connectivity index (χ0v) is 13.6. The van der Waals surface area contributed by atoms with E-state index in [1.54, 1.807) is 0 Å². The summed E-state index contributed by atoms with van der Waals surface area (Å²) in [6, 6.07) is 6.19. The van der Waals surface area contributed by atoms with Gasteiger partial charge < -0.3 is 14.4 Å². The number of likely N-dealkylation sites (N-methyl/N-ethyl adjacent to an activating group) is 1. The molecule has 1 fully saturated rings. The Kier molecular flexibility index (Phi) is 4.57. The van der Waals surface area contributed by atoms with Crippen LogP contribution in [0.3, 0.4) is 0 Å². The summed E-state index contributed by atoms with van der Waals surface area (Å²) >= 11 is 0. The molecule has 0 bridgehead atoms. The van der Waals surface area contributed by atoms with Crippen LogP contribution in [-0.4, -0.2) is 44.7 Å². The molecule has 1 aliphatic heterocycles. The van der Waals surface area contributed by atoms with Crippen molar-refractivity contribution in [2.24, 2.45) is 0 Å². The van der Waals surface area contributed by atoms with Crippen molar-refractivity contribution in [3.63, 3.8) is 0 Å². The first-order valence-electron chi connectivity index (χ1n) is 8.04. The molecule has 3 nitrogen and oxygen atoms in total. The zero-order valence-electron chi connectivity index (χ0n) is 13.6. The highest BCUT2D eigenvalue weighted by Crippen LogP contribution is 2.47. The third-order valence-corrected chi connectivity index (χ3v) is 5.09. The lowest BCUT2D eigenvalue weighted by molar-refractivity contribution is 0.0803. The van der Waals surface area contributed by atoms with E-state index in [4.69, 9.17) is 9.47 Å². The monoisotopic (exact) mass is 323 g/mol. The molecule has 0 N–H and O–H groups in total. The van der Waals surface area contributed by atoms with Crippen LogP contribution in [0.4, 0.5) is 8.78 Å². The van der Waals surface area contributed by atoms with Crippen molar-refractivity contribution in [1.29, 1.82) is 0 Å². The number of ether oxygens (including phenoxy) is 2. The Balaban J connectivity index is 1.97. The number of methoxy groups -OCH3 is 1. The van der Waals surface area contributed by atoms with Gasteiger partial charge in [0.25, 0.3) is 6.43 Å². The number of alkyl halides is 2. The minimum Gasteiger partial charge on any atom is -0.493 e. The van der Waals surface area contributed by atoms with Crippen LogP contribution < -0.4 is 9.47 Å². The number of halogens is 2. The second-order valence-corrected chi connectivity index (χ2v) is 6.33. The summed E-state index contributed by atoms with van der Waals surface area (Å²) in [5, 5.41) is 0. The molecule has 1 heterocycles. The molecule has 0 spiro atoms. The van der Waals surface area contributed by atoms with E-state index in [0.29, 0.717) is 17.5 Å². The second kappa shape index (κ2) is 6.48. The van der Waals surface area contributed by atoms with Crippen LogP contribution in [0.5, 0.6) is 11.5 Å². The molecular weight excluding hydrogens is 300 g/mol. The van der Waals surface area contributed by atoms with Crippen molar-refractivity contribution < 1.29 is 18.3 Å². The van der Waals surface area contributed by atoms with Gasteiger partial charge in [-0.1, -0.05) is 18.2 Å². The molecule has 1 aromatic rings. The number of fused-ring (bicyclic) bond motifs is 1. The van der Waals surface area contributed by atoms with Gasteiger partial charge in [-0.3, -0.25) is 0 Å². The average molecular weight is 323 g/mol. The minimum atomic E-state index is -2.50. The Morgan fingerprint density at radius 3 is 2.91 bits per heavy atom. The highest BCUT2D eigenvalue weighted by molar-refractivity contribution is 5.48. The Morgan fingerprint density at radius 1 is 1.35 bits per heavy atom. The van der Waals surface area contributed by atoms with Crippen LogP contribution in [0.15, 0.2) is 30.4 Å². The van der Waals surface area contributed by atoms with E-state index in [2.05, 4.69) is 24.1 Å². The maximum Gasteiger partial charge on any atom is 0.272 e. The normalized spacial score (nSPS) is 27.3. The van der Waals surface area contributed by atoms with Crippen LogP contribution in [0.2, 0.25) is 0 Å². The Morgan fingerprint density at radius 2 is 2.17 bits per heavy atom. The van der Waals surface area contributed by atoms with Crippen LogP contribution in [-0.2, 0) is 5.41 Å². The van der Waals surface area contributed by atoms with Crippen molar-refractivity contribution in [3.8, 4) is 11.5 Å². The maximum absolute atomic E-state index is 12.5. The van der Waals surface area contributed by atoms with Crippen molar-refractivity contribution in [3.05, 3.63) is 35.9 Å². The number of hydrogen-bond acceptors (Lipinski definition) is 3. The summed E-state index contributed by atoms with van der Waals surface area (Å²) in [7, 11) is 3.68. The van der Waals surface area contributed by atoms with Gasteiger partial charge in [0.15, 0.2) is 11.5 Å². The second-order valence-electron chi connectivity index (χ2n) is 6.33. The van der Waals surface area contributed by atoms with Gasteiger partial charge >= 0.3 is 0 Å². The summed E-state index contributed by atoms with van der Waals surface area (Å²) in [5.41, 5.74) is 1.07. The predicted octanol–water partition coefficient (Wildman–Crippen LogP) is 3.63. The van der Waals surface area contributed by atoms with E-state index >= 15 is 0 Å². The number of nitrogens with zero attached hydrogens (tertiary/aromatic N) is 1. The molecule has 0 aromatic heterocycles. The summed E-state index contributed by atoms with van der Waals surface area (Å²) in [6.45, 7) is 0.417. The van der Waals surface area contributed by atoms with Crippen molar-refractivity contribution in [2.45, 2.75) is 37.1 Å². The highest BCUT2D eigenvalue weighted by atomic mass is 19.3. The van der Waals surface area contributed by atoms with Gasteiger partial charge in [-0.05, 0) is 50.6 Å². The third-order valence-electron chi connectivity index (χ3n) is 5.09. The number of allylic oxidation sites excluding steroid dienone is 1. The van der Waals surface area contributed by atoms with Crippen molar-refractivity contribution >= 4 is 0 Å². The molecule has 2 aliphatic rings. The first-order valence-corrected chi connectivity index (χ1v) is 8.04. The Bertz CT molecular complexity index is 590. The minimum absolute atomic E-state index is 0.0534. The van der Waals surface area contributed by atoms with E-state index in [1.807, 2.05) is 18.2 Å². The quantitative estimate of drug-likeness (QED) is 0.772. The lowest BCUT2D eigenvalue weighted by Crippen LogP contribution is -2.41. The van der Waals surface area contributed by atoms with E-state index in [0.717, 1.165) is 31.4 Å². The largest absolute Gasteiger partial charge is 0.493 e. The average Bonchev–Trinajstić information content (AvgIpc) is 2.91. The molecular formula is C18H23F2NO2. The lowest BCUT2D eigenvalue weighted by Gasteiger charge is -2.38. The van der Waals surface area contributed by atoms with Crippen LogP contribution in [0, 0.1) is 0 Å². The number of likely N-dealkylation sites (tertiary alicyclic amines) is 1. The predicted molar refractivity (Wildman–Crippen MR) is 85.6 cm³/mol. The summed E-state index contributed by atoms with van der Waals surface area (Å²) < 4.78 is 35.5. The molecule has 0 saturated carbocycles. The molecule has 1 aliphatic carbocycles. The lowest BCUT2D eigenvalue weighted by atomic mass is 9.70. The molecule has 2 atom stereocenters. The van der Waals surface area contributed by atoms with E-state index in [-0.39, 0.29) is 5.41 Å². The van der Waals surface area contributed by atoms with Crippen LogP contribution >= 0.6 is 0 Å². The van der Waals surface area contributed by atoms with Gasteiger partial charge in [0, 0.05) is 11.5 Å². The maximum atomic E-state index is 12.5. The van der Waals surface area contributed by atoms with Crippen LogP contribution in [0.1, 0.15) is 24.8 Å². The van der Waals surface area contributed by atoms with Gasteiger partial charge in [-0.25, -0.2) is 8.78 Å². The van der Waals surface area contributed by atoms with Gasteiger partial charge in [-0.15, -0.1) is 0 Å². The zero-order chi connectivity index (χ0) is 16.4. The number of rotatable bonds is 5. The van der Waals surface area contributed by atoms with Gasteiger partial charge in [0.1, 0.15) is 6.61 Å². The van der Waals surface area contributed by atoms with Crippen LogP contribution in [0.25, 0.3) is 0 Å². The van der Waals surface area contributed by atoms with E-state index < -0.39 is 13.0 Å². The molecule has 3 rings (SSSR count). The van der Waals surface area contributed by atoms with Gasteiger partial charge in [-0.2, -0.15) is 0 Å². The third kappa shape index (κ3) is 2.94. The summed E-state index contributed by atoms with van der Waals surface area (Å²) in [4.78, 5) is 2.40. The molecule has 0 unspecified atom stereocenters. The van der Waals surface area contributed by atoms with Gasteiger partial charge in [0.05, 0.1) is 7.11 Å². The SMILES string of the molecule is COc1ccc([C@@]23C=CCC[C@@H]2N(C)CC3)cc1OCC(F)F. The van der Waals surface area contributed by atoms with Crippen molar-refractivity contribution in [2.75, 3.05) is 27.3 Å². The van der Waals surface area contributed by atoms with E-state index in [9.17, 15) is 8.78 Å². The fourth-order valence-corrected chi connectivity index (χ4v) is 3.96. The topological polar surface area (TPSA) is 21.7 Å². The molecule has 23 heavy (non-hydrogen) atoms. The molecule has 1 saturated heterocycles. The van der Waals surface area contributed by atoms with Crippen molar-refractivity contribution in [1.82, 2.24) is 4.90 Å². The molecule has 126 valence electrons. The molecule has 1 aromatic carbocycles. The standard InChI is InChI=1S/C18H23F2NO2/c1-21-10-9-18(8-4-3-5-16(18)21)13-6-7-14(22-2)15(11-13)23-12-17(19)20/h4,6-8,11,16-17H,3,5,9-10,12H2,1-2H3/t16-,18-/m0/s1. The summed E-state index contributed by atoms with van der Waals surface area (Å²) in [5.74, 6) is 0.889. The fourth-order valence-electron chi connectivity index (χ4n) is 3.96. The number of benzene rings is 1. The first kappa shape index (κ1) is 16.2. The number of hydrogen-bond donors (Lipinski definition) is 0. The van der Waals surface area contributed by atoms with Gasteiger partial charge in [0.2, 0.25) is 0 Å². The van der Waals surface area contributed by atoms with E-state index in [1.165, 1.54) is 7.11 Å².